The normalized spacial score (nSPS) is 17.5. The van der Waals surface area contributed by atoms with Crippen molar-refractivity contribution in [2.75, 3.05) is 40.0 Å². The molecule has 0 aliphatic carbocycles. The van der Waals surface area contributed by atoms with Crippen LogP contribution in [0.15, 0.2) is 0 Å². The molecule has 1 heterocycles. The lowest BCUT2D eigenvalue weighted by molar-refractivity contribution is -0.135. The predicted octanol–water partition coefficient (Wildman–Crippen LogP) is 0.298. The van der Waals surface area contributed by atoms with Gasteiger partial charge in [0.05, 0.1) is 5.60 Å². The van der Waals surface area contributed by atoms with Gasteiger partial charge in [0.1, 0.15) is 6.61 Å². The van der Waals surface area contributed by atoms with Crippen LogP contribution >= 0.6 is 0 Å². The van der Waals surface area contributed by atoms with Gasteiger partial charge in [0.2, 0.25) is 5.91 Å². The van der Waals surface area contributed by atoms with Crippen molar-refractivity contribution in [2.24, 2.45) is 0 Å². The Morgan fingerprint density at radius 3 is 2.71 bits per heavy atom. The molecule has 2 N–H and O–H groups in total. The monoisotopic (exact) mass is 244 g/mol. The third-order valence-electron chi connectivity index (χ3n) is 2.90. The molecule has 1 aliphatic rings. The zero-order chi connectivity index (χ0) is 12.6. The van der Waals surface area contributed by atoms with Crippen molar-refractivity contribution >= 4 is 5.91 Å². The minimum Gasteiger partial charge on any atom is -0.385 e. The highest BCUT2D eigenvalue weighted by atomic mass is 16.5. The summed E-state index contributed by atoms with van der Waals surface area (Å²) in [6, 6.07) is 0. The Morgan fingerprint density at radius 2 is 2.12 bits per heavy atom. The summed E-state index contributed by atoms with van der Waals surface area (Å²) in [7, 11) is 1.70. The standard InChI is InChI=1S/C12H24N2O3/c1-12(9-13-10-12)17-8-11(15)14-6-4-3-5-7-16-2/h13H,3-10H2,1-2H3,(H,14,15). The second kappa shape index (κ2) is 7.63. The van der Waals surface area contributed by atoms with Gasteiger partial charge in [0.25, 0.3) is 0 Å². The van der Waals surface area contributed by atoms with Crippen molar-refractivity contribution in [1.82, 2.24) is 10.6 Å². The molecule has 1 rings (SSSR count). The van der Waals surface area contributed by atoms with E-state index in [9.17, 15) is 4.79 Å². The lowest BCUT2D eigenvalue weighted by atomic mass is 10.0. The third-order valence-corrected chi connectivity index (χ3v) is 2.90. The zero-order valence-corrected chi connectivity index (χ0v) is 10.9. The topological polar surface area (TPSA) is 59.6 Å². The van der Waals surface area contributed by atoms with Gasteiger partial charge in [-0.2, -0.15) is 0 Å². The lowest BCUT2D eigenvalue weighted by Crippen LogP contribution is -2.59. The minimum absolute atomic E-state index is 0.0233. The molecule has 17 heavy (non-hydrogen) atoms. The van der Waals surface area contributed by atoms with Crippen LogP contribution < -0.4 is 10.6 Å². The molecule has 0 bridgehead atoms. The van der Waals surface area contributed by atoms with Crippen LogP contribution in [0, 0.1) is 0 Å². The molecule has 5 heteroatoms. The van der Waals surface area contributed by atoms with Gasteiger partial charge in [0.15, 0.2) is 0 Å². The van der Waals surface area contributed by atoms with Crippen LogP contribution in [0.3, 0.4) is 0 Å². The van der Waals surface area contributed by atoms with E-state index in [4.69, 9.17) is 9.47 Å². The van der Waals surface area contributed by atoms with Crippen molar-refractivity contribution in [3.05, 3.63) is 0 Å². The van der Waals surface area contributed by atoms with Crippen molar-refractivity contribution in [3.63, 3.8) is 0 Å². The summed E-state index contributed by atoms with van der Waals surface area (Å²) >= 11 is 0. The maximum Gasteiger partial charge on any atom is 0.246 e. The van der Waals surface area contributed by atoms with Gasteiger partial charge in [-0.1, -0.05) is 0 Å². The molecule has 1 amide bonds. The highest BCUT2D eigenvalue weighted by Crippen LogP contribution is 2.14. The first-order valence-electron chi connectivity index (χ1n) is 6.27. The number of amides is 1. The molecule has 1 saturated heterocycles. The average Bonchev–Trinajstić information content (AvgIpc) is 2.28. The van der Waals surface area contributed by atoms with Crippen LogP contribution in [-0.2, 0) is 14.3 Å². The van der Waals surface area contributed by atoms with E-state index in [1.807, 2.05) is 6.92 Å². The minimum atomic E-state index is -0.143. The summed E-state index contributed by atoms with van der Waals surface area (Å²) in [5.41, 5.74) is -0.143. The van der Waals surface area contributed by atoms with Crippen LogP contribution in [0.4, 0.5) is 0 Å². The smallest absolute Gasteiger partial charge is 0.246 e. The maximum atomic E-state index is 11.4. The molecule has 0 atom stereocenters. The van der Waals surface area contributed by atoms with Crippen LogP contribution in [0.5, 0.6) is 0 Å². The van der Waals surface area contributed by atoms with E-state index in [1.54, 1.807) is 7.11 Å². The molecule has 0 aromatic rings. The summed E-state index contributed by atoms with van der Waals surface area (Å²) in [6.45, 7) is 5.36. The molecule has 0 aromatic carbocycles. The first kappa shape index (κ1) is 14.4. The van der Waals surface area contributed by atoms with E-state index in [0.717, 1.165) is 45.5 Å². The Hall–Kier alpha value is -0.650. The third kappa shape index (κ3) is 6.00. The number of methoxy groups -OCH3 is 1. The van der Waals surface area contributed by atoms with Gasteiger partial charge in [-0.15, -0.1) is 0 Å². The van der Waals surface area contributed by atoms with Crippen LogP contribution in [0.2, 0.25) is 0 Å². The van der Waals surface area contributed by atoms with E-state index in [2.05, 4.69) is 10.6 Å². The molecule has 0 radical (unpaired) electrons. The molecule has 100 valence electrons. The number of unbranched alkanes of at least 4 members (excludes halogenated alkanes) is 2. The fourth-order valence-corrected chi connectivity index (χ4v) is 1.65. The molecule has 0 saturated carbocycles. The first-order valence-corrected chi connectivity index (χ1v) is 6.27. The summed E-state index contributed by atoms with van der Waals surface area (Å²) in [4.78, 5) is 11.4. The van der Waals surface area contributed by atoms with Gasteiger partial charge in [-0.25, -0.2) is 0 Å². The van der Waals surface area contributed by atoms with E-state index in [1.165, 1.54) is 0 Å². The Balaban J connectivity index is 1.90. The number of nitrogens with one attached hydrogen (secondary N) is 2. The van der Waals surface area contributed by atoms with E-state index < -0.39 is 0 Å². The Bertz CT molecular complexity index is 230. The molecule has 1 fully saturated rings. The van der Waals surface area contributed by atoms with Crippen molar-refractivity contribution < 1.29 is 14.3 Å². The lowest BCUT2D eigenvalue weighted by Gasteiger charge is -2.38. The van der Waals surface area contributed by atoms with Gasteiger partial charge in [-0.05, 0) is 26.2 Å². The number of rotatable bonds is 9. The highest BCUT2D eigenvalue weighted by molar-refractivity contribution is 5.77. The molecule has 5 nitrogen and oxygen atoms in total. The van der Waals surface area contributed by atoms with E-state index in [-0.39, 0.29) is 18.1 Å². The van der Waals surface area contributed by atoms with E-state index >= 15 is 0 Å². The molecule has 0 spiro atoms. The zero-order valence-electron chi connectivity index (χ0n) is 10.9. The van der Waals surface area contributed by atoms with Crippen LogP contribution in [0.1, 0.15) is 26.2 Å². The summed E-state index contributed by atoms with van der Waals surface area (Å²) < 4.78 is 10.5. The van der Waals surface area contributed by atoms with Gasteiger partial charge >= 0.3 is 0 Å². The predicted molar refractivity (Wildman–Crippen MR) is 66.0 cm³/mol. The summed E-state index contributed by atoms with van der Waals surface area (Å²) in [5.74, 6) is -0.0233. The SMILES string of the molecule is COCCCCCNC(=O)COC1(C)CNC1. The second-order valence-electron chi connectivity index (χ2n) is 4.75. The molecular weight excluding hydrogens is 220 g/mol. The summed E-state index contributed by atoms with van der Waals surface area (Å²) in [5, 5.41) is 5.98. The Labute approximate surface area is 103 Å². The number of hydrogen-bond donors (Lipinski definition) is 2. The van der Waals surface area contributed by atoms with Crippen LogP contribution in [-0.4, -0.2) is 51.5 Å². The second-order valence-corrected chi connectivity index (χ2v) is 4.75. The number of ether oxygens (including phenoxy) is 2. The van der Waals surface area contributed by atoms with Crippen molar-refractivity contribution in [3.8, 4) is 0 Å². The largest absolute Gasteiger partial charge is 0.385 e. The maximum absolute atomic E-state index is 11.4. The average molecular weight is 244 g/mol. The Morgan fingerprint density at radius 1 is 1.35 bits per heavy atom. The molecule has 0 aromatic heterocycles. The molecule has 0 unspecified atom stereocenters. The number of carbonyl (C=O) groups excluding carboxylic acids is 1. The van der Waals surface area contributed by atoms with Gasteiger partial charge in [-0.3, -0.25) is 4.79 Å². The van der Waals surface area contributed by atoms with Crippen LogP contribution in [0.25, 0.3) is 0 Å². The van der Waals surface area contributed by atoms with Crippen molar-refractivity contribution in [2.45, 2.75) is 31.8 Å². The number of hydrogen-bond acceptors (Lipinski definition) is 4. The molecule has 1 aliphatic heterocycles. The van der Waals surface area contributed by atoms with Gasteiger partial charge in [0, 0.05) is 33.4 Å². The Kier molecular flexibility index (Phi) is 6.47. The first-order chi connectivity index (χ1) is 8.16. The van der Waals surface area contributed by atoms with E-state index in [0.29, 0.717) is 0 Å². The fourth-order valence-electron chi connectivity index (χ4n) is 1.65. The number of carbonyl (C=O) groups is 1. The van der Waals surface area contributed by atoms with Gasteiger partial charge < -0.3 is 20.1 Å². The fraction of sp³-hybridized carbons (Fsp3) is 0.917. The highest BCUT2D eigenvalue weighted by Gasteiger charge is 2.32. The molecular formula is C12H24N2O3. The summed E-state index contributed by atoms with van der Waals surface area (Å²) in [6.07, 6.45) is 3.12. The van der Waals surface area contributed by atoms with Crippen molar-refractivity contribution in [1.29, 1.82) is 0 Å². The quantitative estimate of drug-likeness (QED) is 0.573.